The molecule has 1 aliphatic carbocycles. The van der Waals surface area contributed by atoms with Gasteiger partial charge in [-0.2, -0.15) is 0 Å². The van der Waals surface area contributed by atoms with E-state index in [9.17, 15) is 19.8 Å². The molecule has 0 radical (unpaired) electrons. The third-order valence-electron chi connectivity index (χ3n) is 11.7. The Bertz CT molecular complexity index is 2180. The Morgan fingerprint density at radius 1 is 0.941 bits per heavy atom. The van der Waals surface area contributed by atoms with E-state index in [0.29, 0.717) is 40.9 Å². The van der Waals surface area contributed by atoms with Crippen molar-refractivity contribution in [2.45, 2.75) is 117 Å². The first-order valence-electron chi connectivity index (χ1n) is 18.4. The van der Waals surface area contributed by atoms with Gasteiger partial charge < -0.3 is 29.7 Å². The third-order valence-corrected chi connectivity index (χ3v) is 11.7. The zero-order valence-electron chi connectivity index (χ0n) is 31.4. The molecule has 10 heteroatoms. The van der Waals surface area contributed by atoms with Crippen LogP contribution in [0.4, 0.5) is 0 Å². The first kappa shape index (κ1) is 36.2. The van der Waals surface area contributed by atoms with Gasteiger partial charge in [0.15, 0.2) is 0 Å². The standard InChI is InChI=1S/C41H52N4O6/c1-10-19(3)14-15-51-33(47)13-12-26-21(5)28-16-29-22(6)34(24(8)46)32(43-29)18-27-20(4)25(11-2)31(42-27)17-30-23(7)35-39(45-30)36(38(26)44-28)37(40(35)48)41(49)50-9/h16-21,25-26,37,43,45-46,48H,10-15H2,1-9H3/b28-16?,31-17?,32-18?,34-24-/t19?,20-,21+,25-,26+,37-/m1/s1. The minimum absolute atomic E-state index is 0.0739. The molecule has 8 bridgehead atoms. The second-order valence-electron chi connectivity index (χ2n) is 14.8. The minimum Gasteiger partial charge on any atom is -0.512 e. The number of methoxy groups -OCH3 is 1. The molecule has 6 atom stereocenters. The largest absolute Gasteiger partial charge is 0.512 e. The monoisotopic (exact) mass is 696 g/mol. The van der Waals surface area contributed by atoms with E-state index in [1.807, 2.05) is 26.0 Å². The summed E-state index contributed by atoms with van der Waals surface area (Å²) in [7, 11) is 1.32. The second-order valence-corrected chi connectivity index (χ2v) is 14.8. The van der Waals surface area contributed by atoms with Crippen LogP contribution in [0.1, 0.15) is 143 Å². The van der Waals surface area contributed by atoms with E-state index < -0.39 is 11.9 Å². The lowest BCUT2D eigenvalue weighted by molar-refractivity contribution is -0.144. The van der Waals surface area contributed by atoms with Crippen LogP contribution in [0, 0.1) is 19.8 Å². The summed E-state index contributed by atoms with van der Waals surface area (Å²) in [6.45, 7) is 16.7. The Morgan fingerprint density at radius 2 is 1.59 bits per heavy atom. The Kier molecular flexibility index (Phi) is 10.1. The van der Waals surface area contributed by atoms with Gasteiger partial charge in [0.25, 0.3) is 0 Å². The molecule has 2 aliphatic heterocycles. The minimum atomic E-state index is -1.07. The lowest BCUT2D eigenvalue weighted by Gasteiger charge is -2.19. The zero-order chi connectivity index (χ0) is 36.9. The van der Waals surface area contributed by atoms with Gasteiger partial charge in [-0.3, -0.25) is 19.6 Å². The number of hydrogen-bond donors (Lipinski definition) is 4. The quantitative estimate of drug-likeness (QED) is 0.168. The highest BCUT2D eigenvalue weighted by molar-refractivity contribution is 5.96. The normalized spacial score (nSPS) is 22.2. The van der Waals surface area contributed by atoms with E-state index in [1.165, 1.54) is 7.11 Å². The molecule has 4 N–H and O–H groups in total. The van der Waals surface area contributed by atoms with Crippen LogP contribution in [0.25, 0.3) is 33.6 Å². The van der Waals surface area contributed by atoms with Crippen LogP contribution in [0.15, 0.2) is 18.2 Å². The number of esters is 2. The molecule has 51 heavy (non-hydrogen) atoms. The third kappa shape index (κ3) is 6.31. The van der Waals surface area contributed by atoms with Crippen LogP contribution in [0.2, 0.25) is 0 Å². The molecule has 0 saturated heterocycles. The van der Waals surface area contributed by atoms with Crippen LogP contribution in [-0.2, 0) is 19.1 Å². The highest BCUT2D eigenvalue weighted by Crippen LogP contribution is 2.46. The van der Waals surface area contributed by atoms with E-state index in [0.717, 1.165) is 69.2 Å². The molecule has 3 aliphatic rings. The molecule has 5 heterocycles. The number of aliphatic hydroxyl groups excluding tert-OH is 2. The molecule has 0 aromatic carbocycles. The number of aliphatic hydroxyl groups is 2. The average molecular weight is 697 g/mol. The highest BCUT2D eigenvalue weighted by atomic mass is 16.5. The Hall–Kier alpha value is -4.60. The van der Waals surface area contributed by atoms with Crippen molar-refractivity contribution in [2.75, 3.05) is 13.7 Å². The fraction of sp³-hybridized carbons (Fsp3) is 0.512. The van der Waals surface area contributed by atoms with Crippen LogP contribution in [0.3, 0.4) is 0 Å². The van der Waals surface area contributed by atoms with Crippen LogP contribution >= 0.6 is 0 Å². The first-order valence-corrected chi connectivity index (χ1v) is 18.4. The molecule has 0 amide bonds. The molecule has 0 saturated carbocycles. The van der Waals surface area contributed by atoms with E-state index in [4.69, 9.17) is 19.4 Å². The number of nitrogens with zero attached hydrogens (tertiary/aromatic N) is 2. The summed E-state index contributed by atoms with van der Waals surface area (Å²) >= 11 is 0. The van der Waals surface area contributed by atoms with Gasteiger partial charge >= 0.3 is 11.9 Å². The van der Waals surface area contributed by atoms with E-state index in [2.05, 4.69) is 50.7 Å². The molecule has 10 nitrogen and oxygen atoms in total. The number of aromatic nitrogens is 4. The van der Waals surface area contributed by atoms with Gasteiger partial charge in [0.1, 0.15) is 11.7 Å². The van der Waals surface area contributed by atoms with Crippen LogP contribution in [-0.4, -0.2) is 55.8 Å². The number of rotatable bonds is 9. The number of H-pyrrole nitrogens is 2. The predicted octanol–water partition coefficient (Wildman–Crippen LogP) is 7.50. The van der Waals surface area contributed by atoms with E-state index in [-0.39, 0.29) is 47.6 Å². The number of aryl methyl sites for hydroxylation is 2. The summed E-state index contributed by atoms with van der Waals surface area (Å²) in [5, 5.41) is 24.0. The number of hydrogen-bond acceptors (Lipinski definition) is 8. The van der Waals surface area contributed by atoms with E-state index >= 15 is 0 Å². The van der Waals surface area contributed by atoms with Gasteiger partial charge in [-0.25, -0.2) is 0 Å². The van der Waals surface area contributed by atoms with Crippen molar-refractivity contribution in [3.8, 4) is 0 Å². The lowest BCUT2D eigenvalue weighted by atomic mass is 9.84. The van der Waals surface area contributed by atoms with Crippen molar-refractivity contribution in [1.82, 2.24) is 19.9 Å². The number of carbonyl (C=O) groups excluding carboxylic acids is 2. The molecular weight excluding hydrogens is 644 g/mol. The number of fused-ring (bicyclic) bond motifs is 8. The summed E-state index contributed by atoms with van der Waals surface area (Å²) in [5.41, 5.74) is 8.49. The van der Waals surface area contributed by atoms with Crippen molar-refractivity contribution in [1.29, 1.82) is 0 Å². The van der Waals surface area contributed by atoms with Crippen molar-refractivity contribution in [2.24, 2.45) is 5.92 Å². The van der Waals surface area contributed by atoms with Gasteiger partial charge in [-0.1, -0.05) is 41.0 Å². The molecule has 272 valence electrons. The maximum absolute atomic E-state index is 13.5. The fourth-order valence-corrected chi connectivity index (χ4v) is 8.29. The Balaban J connectivity index is 1.65. The molecule has 1 unspecified atom stereocenters. The average Bonchev–Trinajstić information content (AvgIpc) is 3.84. The summed E-state index contributed by atoms with van der Waals surface area (Å²) in [4.78, 5) is 44.0. The van der Waals surface area contributed by atoms with Crippen LogP contribution < -0.4 is 10.4 Å². The zero-order valence-corrected chi connectivity index (χ0v) is 31.4. The van der Waals surface area contributed by atoms with Crippen molar-refractivity contribution in [3.63, 3.8) is 0 Å². The number of ether oxygens (including phenoxy) is 2. The van der Waals surface area contributed by atoms with Crippen LogP contribution in [0.5, 0.6) is 0 Å². The van der Waals surface area contributed by atoms with Gasteiger partial charge in [-0.05, 0) is 75.3 Å². The Labute approximate surface area is 299 Å². The van der Waals surface area contributed by atoms with Crippen molar-refractivity contribution in [3.05, 3.63) is 68.1 Å². The van der Waals surface area contributed by atoms with E-state index in [1.54, 1.807) is 6.92 Å². The molecule has 0 spiro atoms. The number of aromatic amines is 2. The first-order chi connectivity index (χ1) is 24.3. The number of nitrogens with one attached hydrogen (secondary N) is 2. The van der Waals surface area contributed by atoms with Gasteiger partial charge in [0.2, 0.25) is 0 Å². The summed E-state index contributed by atoms with van der Waals surface area (Å²) < 4.78 is 10.9. The topological polar surface area (TPSA) is 150 Å². The van der Waals surface area contributed by atoms with Crippen molar-refractivity contribution >= 4 is 45.5 Å². The maximum atomic E-state index is 13.5. The smallest absolute Gasteiger partial charge is 0.321 e. The molecule has 6 rings (SSSR count). The number of carbonyl (C=O) groups is 2. The van der Waals surface area contributed by atoms with Gasteiger partial charge in [0, 0.05) is 74.2 Å². The predicted molar refractivity (Wildman–Crippen MR) is 199 cm³/mol. The Morgan fingerprint density at radius 3 is 2.25 bits per heavy atom. The molecule has 3 aromatic rings. The maximum Gasteiger partial charge on any atom is 0.321 e. The van der Waals surface area contributed by atoms with Crippen molar-refractivity contribution < 1.29 is 29.3 Å². The lowest BCUT2D eigenvalue weighted by Crippen LogP contribution is -2.18. The highest BCUT2D eigenvalue weighted by Gasteiger charge is 2.41. The van der Waals surface area contributed by atoms with Gasteiger partial charge in [0.05, 0.1) is 36.2 Å². The fourth-order valence-electron chi connectivity index (χ4n) is 8.29. The summed E-state index contributed by atoms with van der Waals surface area (Å²) in [5.74, 6) is -1.45. The second kappa shape index (κ2) is 14.2. The SMILES string of the molecule is CCC(C)CCOC(=O)CC[C@@H]1c2nc(cc3[nH]c(cc4nc(cc5[nH]c6c2[C@@H](C(=O)OC)C(O)=c6c5C)[C@H](CC)[C@H]4C)/c(=C(/C)O)c3C)[C@H]1C. The van der Waals surface area contributed by atoms with Gasteiger partial charge in [-0.15, -0.1) is 0 Å². The summed E-state index contributed by atoms with van der Waals surface area (Å²) in [6, 6.07) is 6.09. The molecular formula is C41H52N4O6. The molecule has 3 aromatic heterocycles. The molecule has 0 fully saturated rings. The summed E-state index contributed by atoms with van der Waals surface area (Å²) in [6.07, 6.45) is 3.34.